The molecule has 0 aromatic heterocycles. The topological polar surface area (TPSA) is 786 Å². The molecule has 0 saturated heterocycles. The van der Waals surface area contributed by atoms with Gasteiger partial charge in [0.25, 0.3) is 0 Å². The van der Waals surface area contributed by atoms with Crippen molar-refractivity contribution >= 4 is 149 Å². The third-order valence-electron chi connectivity index (χ3n) is 14.9. The minimum Gasteiger partial charge on any atom is -0.513 e. The van der Waals surface area contributed by atoms with Crippen molar-refractivity contribution in [2.75, 3.05) is 93.3 Å². The second-order valence-corrected chi connectivity index (χ2v) is 31.2. The van der Waals surface area contributed by atoms with E-state index in [1.807, 2.05) is 12.1 Å². The maximum Gasteiger partial charge on any atom is 0.335 e. The number of nitrogens with one attached hydrogen (secondary N) is 6. The Morgan fingerprint density at radius 3 is 0.917 bits per heavy atom. The minimum atomic E-state index is -3.60. The highest BCUT2D eigenvalue weighted by atomic mass is 32.2. The summed E-state index contributed by atoms with van der Waals surface area (Å²) in [5.74, 6) is -10.6. The Kier molecular flexibility index (Phi) is 78.8. The van der Waals surface area contributed by atoms with Crippen molar-refractivity contribution in [2.24, 2.45) is 10.3 Å². The van der Waals surface area contributed by atoms with Crippen LogP contribution in [0.4, 0.5) is 17.1 Å². The van der Waals surface area contributed by atoms with Crippen LogP contribution >= 0.6 is 0 Å². The van der Waals surface area contributed by atoms with E-state index in [4.69, 9.17) is 67.0 Å². The van der Waals surface area contributed by atoms with Gasteiger partial charge in [-0.3, -0.25) is 57.5 Å². The van der Waals surface area contributed by atoms with Gasteiger partial charge < -0.3 is 109 Å². The van der Waals surface area contributed by atoms with Gasteiger partial charge in [0.2, 0.25) is 20.0 Å². The number of aliphatic hydroxyl groups excluding tert-OH is 1. The number of carboxylic acid groups (broad SMARTS) is 11. The first-order valence-electron chi connectivity index (χ1n) is 39.6. The Balaban J connectivity index is -0.000000264. The number of nitrogens with two attached hydrogens (primary N) is 3. The van der Waals surface area contributed by atoms with Crippen LogP contribution in [0.3, 0.4) is 0 Å². The first-order valence-corrected chi connectivity index (χ1v) is 43.1. The van der Waals surface area contributed by atoms with Crippen molar-refractivity contribution in [3.8, 4) is 0 Å². The van der Waals surface area contributed by atoms with Gasteiger partial charge in [-0.15, -0.1) is 0 Å². The zero-order valence-corrected chi connectivity index (χ0v) is 76.2. The molecule has 24 N–H and O–H groups in total. The molecular weight excluding hydrogens is 1800 g/mol. The second kappa shape index (κ2) is 79.2. The van der Waals surface area contributed by atoms with Gasteiger partial charge in [-0.05, 0) is 196 Å². The Labute approximate surface area is 770 Å². The predicted molar refractivity (Wildman–Crippen MR) is 492 cm³/mol. The van der Waals surface area contributed by atoms with Gasteiger partial charge >= 0.3 is 65.7 Å². The molecule has 44 nitrogen and oxygen atoms in total. The number of aliphatic carboxylic acids is 6. The van der Waals surface area contributed by atoms with Crippen LogP contribution in [-0.4, -0.2) is 267 Å². The van der Waals surface area contributed by atoms with Crippen molar-refractivity contribution < 1.29 is 169 Å². The molecule has 0 atom stereocenters. The number of Topliss-reactive ketones (excluding diaryl/α,β-unsaturated/α-hetero) is 8. The van der Waals surface area contributed by atoms with E-state index in [1.165, 1.54) is 84.0 Å². The number of hydrogen-bond donors (Lipinski definition) is 21. The summed E-state index contributed by atoms with van der Waals surface area (Å²) in [7, 11) is -6.97. The SMILES string of the molecule is C.C=C(O)CCCS(N)(=O)=O.CC(=O)CCCCc1ccc(C(=O)O)cc1.CC(=O)CCCc1ccc(C(=O)O)cc1.CC(=O)CCNCC(=O)O.CC(=O)CCNCCC(=O)O.CC(=O)CCNc1ccc(C(=O)O)cc1.CC(=O)CNCC(=O)O.CC(=O)CNc1ccc(C(=O)O)cc1.CC(=O)c1cc(N)cc(C(=O)O)c1.NS(=O)(=O)CCC(=O)O.O=C(O)CCNCC(=O)O. The lowest BCUT2D eigenvalue weighted by atomic mass is 10.0. The summed E-state index contributed by atoms with van der Waals surface area (Å²) >= 11 is 0. The monoisotopic (exact) mass is 1920 g/mol. The number of carbonyl (C=O) groups excluding carboxylic acids is 8. The summed E-state index contributed by atoms with van der Waals surface area (Å²) < 4.78 is 40.7. The molecule has 5 rings (SSSR count). The first kappa shape index (κ1) is 132. The first-order chi connectivity index (χ1) is 61.2. The van der Waals surface area contributed by atoms with Crippen LogP contribution < -0.4 is 47.9 Å². The number of rotatable bonds is 49. The van der Waals surface area contributed by atoms with Crippen LogP contribution in [0.5, 0.6) is 0 Å². The number of hydrogen-bond acceptors (Lipinski definition) is 31. The number of carboxylic acids is 11. The fraction of sp³-hybridized carbons (Fsp3) is 0.414. The van der Waals surface area contributed by atoms with Crippen molar-refractivity contribution in [3.05, 3.63) is 172 Å². The third-order valence-corrected chi connectivity index (χ3v) is 16.5. The molecule has 0 aliphatic carbocycles. The lowest BCUT2D eigenvalue weighted by molar-refractivity contribution is -0.138. The summed E-state index contributed by atoms with van der Waals surface area (Å²) in [5, 5.41) is 126. The summed E-state index contributed by atoms with van der Waals surface area (Å²) in [6, 6.07) is 30.4. The quantitative estimate of drug-likeness (QED) is 0.00816. The van der Waals surface area contributed by atoms with Crippen molar-refractivity contribution in [1.29, 1.82) is 0 Å². The van der Waals surface area contributed by atoms with Crippen LogP contribution in [0, 0.1) is 0 Å². The molecule has 0 aliphatic heterocycles. The van der Waals surface area contributed by atoms with Crippen LogP contribution in [0.2, 0.25) is 0 Å². The van der Waals surface area contributed by atoms with E-state index in [9.17, 15) is 108 Å². The third kappa shape index (κ3) is 98.7. The van der Waals surface area contributed by atoms with Crippen LogP contribution in [-0.2, 0) is 95.2 Å². The number of nitrogen functional groups attached to an aromatic ring is 1. The predicted octanol–water partition coefficient (Wildman–Crippen LogP) is 6.88. The summed E-state index contributed by atoms with van der Waals surface area (Å²) in [6.45, 7) is 17.3. The molecule has 742 valence electrons. The van der Waals surface area contributed by atoms with Gasteiger partial charge in [0.05, 0.1) is 97.1 Å². The molecule has 0 spiro atoms. The Morgan fingerprint density at radius 2 is 0.602 bits per heavy atom. The zero-order valence-electron chi connectivity index (χ0n) is 74.6. The molecule has 0 unspecified atom stereocenters. The molecule has 0 radical (unpaired) electrons. The van der Waals surface area contributed by atoms with Gasteiger partial charge in [0.1, 0.15) is 40.5 Å². The van der Waals surface area contributed by atoms with E-state index in [1.54, 1.807) is 74.5 Å². The molecule has 0 fully saturated rings. The van der Waals surface area contributed by atoms with Crippen LogP contribution in [0.25, 0.3) is 0 Å². The standard InChI is InChI=1S/C13H16O3.C12H14O3.C11H13NO3.C10H11NO3.C9H9NO3.C7H13NO3.C6H11NO3.C5H9NO4.C5H11NO3S.C5H9NO3.C3H7NO4S.CH4/c1-10(14)4-2-3-5-11-6-8-12(9-7-11)13(15)16;1-9(13)3-2-4-10-5-7-11(8-6-10)12(14)15;1-8(13)6-7-12-10-4-2-9(3-5-10)11(14)15;1-7(12)6-11-9-4-2-8(3-5-9)10(13)14;1-5(11)6-2-7(9(12)13)4-8(10)3-6;1-6(9)2-4-8-5-3-7(10)11;1-5(8)2-3-7-4-6(9)10;7-4(8)1-2-6-3-5(9)10;1-5(7)3-2-4-10(6,8)9;1-4(7)2-6-3-5(8)9;4-9(7,8)2-1-3(5)6;/h6-9H,2-5H2,1H3,(H,15,16);5-8H,2-4H2,1H3,(H,14,15);2-5,12H,6-7H2,1H3,(H,14,15);2-5,11H,6H2,1H3,(H,13,14);2-4H,10H2,1H3,(H,12,13);8H,2-5H2,1H3,(H,10,11);7H,2-4H2,1H3,(H,9,10);6H,1-3H2,(H,7,8)(H,9,10);7H,1-4H2,(H2,6,8,9);6H,2-3H2,1H3,(H,8,9);1-2H2,(H,5,6)(H2,4,7,8);1H4. The number of aromatic carboxylic acids is 5. The normalized spacial score (nSPS) is 9.76. The second-order valence-electron chi connectivity index (χ2n) is 27.7. The van der Waals surface area contributed by atoms with E-state index < -0.39 is 97.9 Å². The average Bonchev–Trinajstić information content (AvgIpc) is 0.854. The fourth-order valence-corrected chi connectivity index (χ4v) is 9.42. The van der Waals surface area contributed by atoms with E-state index in [0.29, 0.717) is 81.4 Å². The van der Waals surface area contributed by atoms with Gasteiger partial charge in [-0.1, -0.05) is 38.3 Å². The van der Waals surface area contributed by atoms with Gasteiger partial charge in [-0.25, -0.2) is 51.1 Å². The molecule has 5 aromatic rings. The summed E-state index contributed by atoms with van der Waals surface area (Å²) in [4.78, 5) is 196. The lowest BCUT2D eigenvalue weighted by Gasteiger charge is -2.04. The summed E-state index contributed by atoms with van der Waals surface area (Å²) in [6.07, 6.45) is 7.20. The van der Waals surface area contributed by atoms with Crippen LogP contribution in [0.1, 0.15) is 220 Å². The molecule has 0 amide bonds. The number of ketones is 8. The van der Waals surface area contributed by atoms with Crippen molar-refractivity contribution in [3.63, 3.8) is 0 Å². The Bertz CT molecular complexity index is 4520. The molecule has 0 saturated carbocycles. The number of primary sulfonamides is 2. The smallest absolute Gasteiger partial charge is 0.335 e. The van der Waals surface area contributed by atoms with Gasteiger partial charge in [-0.2, -0.15) is 0 Å². The number of sulfonamides is 2. The number of allylic oxidation sites excluding steroid dienone is 1. The van der Waals surface area contributed by atoms with E-state index >= 15 is 0 Å². The number of unbranched alkanes of at least 4 members (excludes halogenated alkanes) is 1. The molecule has 0 bridgehead atoms. The largest absolute Gasteiger partial charge is 0.513 e. The highest BCUT2D eigenvalue weighted by molar-refractivity contribution is 7.89. The number of carbonyl (C=O) groups is 19. The minimum absolute atomic E-state index is 0. The van der Waals surface area contributed by atoms with Gasteiger partial charge in [0, 0.05) is 93.9 Å². The fourth-order valence-electron chi connectivity index (χ4n) is 8.41. The lowest BCUT2D eigenvalue weighted by Crippen LogP contribution is -2.26. The van der Waals surface area contributed by atoms with Crippen molar-refractivity contribution in [2.45, 2.75) is 159 Å². The van der Waals surface area contributed by atoms with Crippen molar-refractivity contribution in [1.82, 2.24) is 21.3 Å². The highest BCUT2D eigenvalue weighted by Crippen LogP contribution is 2.15. The van der Waals surface area contributed by atoms with E-state index in [-0.39, 0.29) is 146 Å². The molecule has 0 aliphatic rings. The molecule has 0 heterocycles. The summed E-state index contributed by atoms with van der Waals surface area (Å²) in [5.41, 5.74) is 10.9. The molecule has 133 heavy (non-hydrogen) atoms. The number of benzene rings is 5. The molecular formula is C87H127N9O35S2. The van der Waals surface area contributed by atoms with E-state index in [2.05, 4.69) is 48.8 Å². The number of aliphatic hydroxyl groups is 1. The number of anilines is 3. The Hall–Kier alpha value is -13.8. The van der Waals surface area contributed by atoms with Crippen LogP contribution in [0.15, 0.2) is 128 Å². The zero-order chi connectivity index (χ0) is 103. The average molecular weight is 1920 g/mol. The highest BCUT2D eigenvalue weighted by Gasteiger charge is 2.12. The Morgan fingerprint density at radius 1 is 0.293 bits per heavy atom. The van der Waals surface area contributed by atoms with E-state index in [0.717, 1.165) is 54.6 Å². The maximum absolute atomic E-state index is 10.9. The maximum atomic E-state index is 10.9. The molecule has 5 aromatic carbocycles. The molecule has 46 heteroatoms. The van der Waals surface area contributed by atoms with Gasteiger partial charge in [0.15, 0.2) is 5.78 Å². The number of aryl methyl sites for hydroxylation is 2.